The molecule has 3 aliphatic rings. The zero-order chi connectivity index (χ0) is 15.5. The van der Waals surface area contributed by atoms with Crippen LogP contribution < -0.4 is 0 Å². The number of esters is 1. The molecule has 0 aromatic carbocycles. The lowest BCUT2D eigenvalue weighted by atomic mass is 9.45. The molecule has 0 spiro atoms. The summed E-state index contributed by atoms with van der Waals surface area (Å²) in [5.41, 5.74) is 0.635. The third kappa shape index (κ3) is 2.32. The molecule has 120 valence electrons. The van der Waals surface area contributed by atoms with E-state index >= 15 is 0 Å². The Morgan fingerprint density at radius 1 is 1.10 bits per heavy atom. The minimum atomic E-state index is -0.335. The lowest BCUT2D eigenvalue weighted by Crippen LogP contribution is -2.55. The van der Waals surface area contributed by atoms with Crippen molar-refractivity contribution in [1.82, 2.24) is 0 Å². The highest BCUT2D eigenvalue weighted by atomic mass is 16.7. The van der Waals surface area contributed by atoms with Gasteiger partial charge in [0.15, 0.2) is 0 Å². The molecule has 2 aliphatic carbocycles. The van der Waals surface area contributed by atoms with Crippen molar-refractivity contribution in [2.24, 2.45) is 22.7 Å². The summed E-state index contributed by atoms with van der Waals surface area (Å²) < 4.78 is 11.6. The summed E-state index contributed by atoms with van der Waals surface area (Å²) in [5, 5.41) is 0. The first-order valence-electron chi connectivity index (χ1n) is 8.52. The van der Waals surface area contributed by atoms with Crippen LogP contribution in [0.5, 0.6) is 0 Å². The van der Waals surface area contributed by atoms with Gasteiger partial charge in [-0.1, -0.05) is 27.2 Å². The Morgan fingerprint density at radius 3 is 2.48 bits per heavy atom. The predicted octanol–water partition coefficient (Wildman–Crippen LogP) is 4.30. The first kappa shape index (κ1) is 15.3. The molecule has 1 heterocycles. The highest BCUT2D eigenvalue weighted by Crippen LogP contribution is 2.65. The van der Waals surface area contributed by atoms with E-state index in [4.69, 9.17) is 9.47 Å². The van der Waals surface area contributed by atoms with E-state index in [0.29, 0.717) is 16.7 Å². The predicted molar refractivity (Wildman–Crippen MR) is 81.6 cm³/mol. The lowest BCUT2D eigenvalue weighted by molar-refractivity contribution is -0.199. The van der Waals surface area contributed by atoms with Gasteiger partial charge in [0, 0.05) is 13.3 Å². The first-order valence-corrected chi connectivity index (χ1v) is 8.52. The molecule has 0 unspecified atom stereocenters. The van der Waals surface area contributed by atoms with Gasteiger partial charge in [-0.15, -0.1) is 0 Å². The topological polar surface area (TPSA) is 35.5 Å². The van der Waals surface area contributed by atoms with Gasteiger partial charge in [0.25, 0.3) is 0 Å². The fourth-order valence-electron chi connectivity index (χ4n) is 6.06. The molecule has 3 rings (SSSR count). The Hall–Kier alpha value is -0.570. The minimum Gasteiger partial charge on any atom is -0.436 e. The third-order valence-corrected chi connectivity index (χ3v) is 6.86. The number of fused-ring (bicyclic) bond motifs is 3. The maximum Gasteiger partial charge on any atom is 0.304 e. The summed E-state index contributed by atoms with van der Waals surface area (Å²) >= 11 is 0. The maximum atomic E-state index is 11.3. The van der Waals surface area contributed by atoms with Gasteiger partial charge in [0.05, 0.1) is 5.60 Å². The van der Waals surface area contributed by atoms with E-state index in [1.807, 2.05) is 0 Å². The van der Waals surface area contributed by atoms with Crippen LogP contribution in [-0.2, 0) is 14.3 Å². The lowest BCUT2D eigenvalue weighted by Gasteiger charge is -2.60. The van der Waals surface area contributed by atoms with E-state index in [1.165, 1.54) is 32.6 Å². The SMILES string of the molecule is CC(=O)O[C@H]1C[C@@H]2[C@@]3(C)CCCC(C)(C)[C@@H]3CC[C@@]2(C)O1. The van der Waals surface area contributed by atoms with Gasteiger partial charge in [-0.25, -0.2) is 0 Å². The van der Waals surface area contributed by atoms with Crippen molar-refractivity contribution in [3.05, 3.63) is 0 Å². The van der Waals surface area contributed by atoms with Crippen LogP contribution in [0.25, 0.3) is 0 Å². The van der Waals surface area contributed by atoms with Crippen LogP contribution in [-0.4, -0.2) is 17.9 Å². The zero-order valence-corrected chi connectivity index (χ0v) is 14.2. The van der Waals surface area contributed by atoms with Crippen LogP contribution in [0.1, 0.15) is 73.1 Å². The van der Waals surface area contributed by atoms with Crippen LogP contribution in [0.4, 0.5) is 0 Å². The molecule has 0 N–H and O–H groups in total. The second-order valence-electron chi connectivity index (χ2n) is 8.70. The molecule has 3 nitrogen and oxygen atoms in total. The molecule has 0 amide bonds. The molecule has 21 heavy (non-hydrogen) atoms. The largest absolute Gasteiger partial charge is 0.436 e. The highest BCUT2D eigenvalue weighted by Gasteiger charge is 2.62. The fraction of sp³-hybridized carbons (Fsp3) is 0.944. The number of ether oxygens (including phenoxy) is 2. The van der Waals surface area contributed by atoms with Gasteiger partial charge in [0.1, 0.15) is 0 Å². The van der Waals surface area contributed by atoms with Gasteiger partial charge in [-0.05, 0) is 55.3 Å². The molecule has 0 bridgehead atoms. The number of hydrogen-bond acceptors (Lipinski definition) is 3. The van der Waals surface area contributed by atoms with Gasteiger partial charge >= 0.3 is 5.97 Å². The van der Waals surface area contributed by atoms with E-state index in [0.717, 1.165) is 18.8 Å². The van der Waals surface area contributed by atoms with Crippen LogP contribution in [0.2, 0.25) is 0 Å². The van der Waals surface area contributed by atoms with Crippen molar-refractivity contribution < 1.29 is 14.3 Å². The van der Waals surface area contributed by atoms with Gasteiger partial charge < -0.3 is 9.47 Å². The minimum absolute atomic E-state index is 0.112. The van der Waals surface area contributed by atoms with E-state index in [9.17, 15) is 4.79 Å². The highest BCUT2D eigenvalue weighted by molar-refractivity contribution is 5.66. The normalized spacial score (nSPS) is 48.3. The second kappa shape index (κ2) is 4.71. The van der Waals surface area contributed by atoms with E-state index in [1.54, 1.807) is 0 Å². The molecule has 1 saturated heterocycles. The quantitative estimate of drug-likeness (QED) is 0.676. The molecule has 2 saturated carbocycles. The number of carbonyl (C=O) groups excluding carboxylic acids is 1. The van der Waals surface area contributed by atoms with Crippen LogP contribution in [0.3, 0.4) is 0 Å². The number of carbonyl (C=O) groups is 1. The maximum absolute atomic E-state index is 11.3. The molecule has 0 aromatic rings. The van der Waals surface area contributed by atoms with Crippen molar-refractivity contribution in [2.75, 3.05) is 0 Å². The Bertz CT molecular complexity index is 444. The summed E-state index contributed by atoms with van der Waals surface area (Å²) in [4.78, 5) is 11.3. The first-order chi connectivity index (χ1) is 9.67. The third-order valence-electron chi connectivity index (χ3n) is 6.86. The molecule has 1 aliphatic heterocycles. The smallest absolute Gasteiger partial charge is 0.304 e. The Morgan fingerprint density at radius 2 is 1.81 bits per heavy atom. The summed E-state index contributed by atoms with van der Waals surface area (Å²) in [7, 11) is 0. The average Bonchev–Trinajstić information content (AvgIpc) is 2.65. The molecule has 3 fully saturated rings. The molecular formula is C18H30O3. The van der Waals surface area contributed by atoms with Crippen molar-refractivity contribution in [3.63, 3.8) is 0 Å². The van der Waals surface area contributed by atoms with E-state index in [2.05, 4.69) is 27.7 Å². The zero-order valence-electron chi connectivity index (χ0n) is 14.2. The Balaban J connectivity index is 1.89. The Labute approximate surface area is 128 Å². The van der Waals surface area contributed by atoms with Crippen molar-refractivity contribution >= 4 is 5.97 Å². The average molecular weight is 294 g/mol. The monoisotopic (exact) mass is 294 g/mol. The standard InChI is InChI=1S/C18H30O3/c1-12(19)20-15-11-14-17(4)9-6-8-16(2,3)13(17)7-10-18(14,5)21-15/h13-15H,6-11H2,1-5H3/t13-,14+,15+,17-,18+/m0/s1. The van der Waals surface area contributed by atoms with Crippen molar-refractivity contribution in [1.29, 1.82) is 0 Å². The number of hydrogen-bond donors (Lipinski definition) is 0. The van der Waals surface area contributed by atoms with Crippen molar-refractivity contribution in [3.8, 4) is 0 Å². The van der Waals surface area contributed by atoms with Gasteiger partial charge in [-0.3, -0.25) is 4.79 Å². The van der Waals surface area contributed by atoms with Gasteiger partial charge in [0.2, 0.25) is 6.29 Å². The van der Waals surface area contributed by atoms with Crippen molar-refractivity contribution in [2.45, 2.75) is 85.0 Å². The summed E-state index contributed by atoms with van der Waals surface area (Å²) in [6, 6.07) is 0. The molecule has 0 radical (unpaired) electrons. The molecule has 5 atom stereocenters. The van der Waals surface area contributed by atoms with Crippen LogP contribution in [0.15, 0.2) is 0 Å². The molecule has 0 aromatic heterocycles. The van der Waals surface area contributed by atoms with E-state index in [-0.39, 0.29) is 17.9 Å². The summed E-state index contributed by atoms with van der Waals surface area (Å²) in [6.07, 6.45) is 6.81. The molecular weight excluding hydrogens is 264 g/mol. The summed E-state index contributed by atoms with van der Waals surface area (Å²) in [5.74, 6) is 1.04. The fourth-order valence-corrected chi connectivity index (χ4v) is 6.06. The van der Waals surface area contributed by atoms with Crippen LogP contribution in [0, 0.1) is 22.7 Å². The summed E-state index contributed by atoms with van der Waals surface area (Å²) in [6.45, 7) is 11.1. The van der Waals surface area contributed by atoms with E-state index < -0.39 is 0 Å². The van der Waals surface area contributed by atoms with Crippen LogP contribution >= 0.6 is 0 Å². The Kier molecular flexibility index (Phi) is 3.44. The van der Waals surface area contributed by atoms with Gasteiger partial charge in [-0.2, -0.15) is 0 Å². The molecule has 3 heteroatoms. The number of rotatable bonds is 1. The second-order valence-corrected chi connectivity index (χ2v) is 8.70.